The molecule has 4 heteroatoms. The highest BCUT2D eigenvalue weighted by Gasteiger charge is 2.22. The van der Waals surface area contributed by atoms with Crippen molar-refractivity contribution in [1.82, 2.24) is 10.2 Å². The van der Waals surface area contributed by atoms with Crippen molar-refractivity contribution in [3.05, 3.63) is 0 Å². The first-order valence-electron chi connectivity index (χ1n) is 8.13. The maximum absolute atomic E-state index is 11.9. The molecule has 4 nitrogen and oxygen atoms in total. The van der Waals surface area contributed by atoms with E-state index in [0.717, 1.165) is 45.5 Å². The Hall–Kier alpha value is -0.610. The molecule has 0 spiro atoms. The fourth-order valence-electron chi connectivity index (χ4n) is 2.78. The smallest absolute Gasteiger partial charge is 0.220 e. The number of unbranched alkanes of at least 4 members (excludes halogenated alkanes) is 2. The predicted octanol–water partition coefficient (Wildman–Crippen LogP) is 2.43. The predicted molar refractivity (Wildman–Crippen MR) is 82.8 cm³/mol. The van der Waals surface area contributed by atoms with Crippen molar-refractivity contribution < 1.29 is 9.53 Å². The van der Waals surface area contributed by atoms with E-state index in [4.69, 9.17) is 4.74 Å². The molecule has 118 valence electrons. The van der Waals surface area contributed by atoms with E-state index in [2.05, 4.69) is 24.1 Å². The molecule has 20 heavy (non-hydrogen) atoms. The van der Waals surface area contributed by atoms with E-state index in [1.807, 2.05) is 0 Å². The average molecular weight is 284 g/mol. The van der Waals surface area contributed by atoms with Crippen LogP contribution in [0.4, 0.5) is 0 Å². The summed E-state index contributed by atoms with van der Waals surface area (Å²) in [5.74, 6) is 0.818. The van der Waals surface area contributed by atoms with Crippen LogP contribution in [0.25, 0.3) is 0 Å². The quantitative estimate of drug-likeness (QED) is 0.661. The molecule has 0 atom stereocenters. The molecule has 0 unspecified atom stereocenters. The number of likely N-dealkylation sites (tertiary alicyclic amines) is 1. The summed E-state index contributed by atoms with van der Waals surface area (Å²) in [6.07, 6.45) is 6.31. The number of amides is 1. The Kier molecular flexibility index (Phi) is 8.86. The lowest BCUT2D eigenvalue weighted by Gasteiger charge is -2.34. The number of ether oxygens (including phenoxy) is 1. The number of nitrogens with zero attached hydrogens (tertiary/aromatic N) is 1. The molecule has 1 amide bonds. The number of carbonyl (C=O) groups is 1. The van der Waals surface area contributed by atoms with Gasteiger partial charge in [-0.05, 0) is 65.0 Å². The molecular weight excluding hydrogens is 252 g/mol. The number of nitrogens with one attached hydrogen (secondary N) is 1. The lowest BCUT2D eigenvalue weighted by Crippen LogP contribution is -2.39. The third-order valence-corrected chi connectivity index (χ3v) is 4.20. The molecule has 1 aliphatic rings. The van der Waals surface area contributed by atoms with Crippen molar-refractivity contribution >= 4 is 5.91 Å². The van der Waals surface area contributed by atoms with Crippen molar-refractivity contribution in [2.45, 2.75) is 58.4 Å². The van der Waals surface area contributed by atoms with Gasteiger partial charge in [0.2, 0.25) is 5.91 Å². The van der Waals surface area contributed by atoms with Crippen molar-refractivity contribution in [3.63, 3.8) is 0 Å². The van der Waals surface area contributed by atoms with Crippen LogP contribution < -0.4 is 5.32 Å². The monoisotopic (exact) mass is 284 g/mol. The number of methoxy groups -OCH3 is 1. The molecule has 1 fully saturated rings. The maximum Gasteiger partial charge on any atom is 0.220 e. The van der Waals surface area contributed by atoms with Gasteiger partial charge in [-0.25, -0.2) is 0 Å². The van der Waals surface area contributed by atoms with Crippen LogP contribution in [0.2, 0.25) is 0 Å². The fraction of sp³-hybridized carbons (Fsp3) is 0.938. The lowest BCUT2D eigenvalue weighted by atomic mass is 9.92. The van der Waals surface area contributed by atoms with Crippen LogP contribution in [-0.2, 0) is 9.53 Å². The van der Waals surface area contributed by atoms with Crippen molar-refractivity contribution in [2.75, 3.05) is 33.4 Å². The molecule has 1 aliphatic heterocycles. The zero-order valence-corrected chi connectivity index (χ0v) is 13.5. The number of carbonyl (C=O) groups excluding carboxylic acids is 1. The summed E-state index contributed by atoms with van der Waals surface area (Å²) < 4.78 is 5.00. The highest BCUT2D eigenvalue weighted by molar-refractivity contribution is 5.76. The van der Waals surface area contributed by atoms with Gasteiger partial charge in [-0.1, -0.05) is 0 Å². The third-order valence-electron chi connectivity index (χ3n) is 4.20. The molecular formula is C16H32N2O2. The molecule has 0 aromatic carbocycles. The second kappa shape index (κ2) is 10.2. The molecule has 0 saturated carbocycles. The van der Waals surface area contributed by atoms with Gasteiger partial charge in [-0.15, -0.1) is 0 Å². The van der Waals surface area contributed by atoms with E-state index >= 15 is 0 Å². The zero-order valence-electron chi connectivity index (χ0n) is 13.5. The first-order chi connectivity index (χ1) is 9.63. The van der Waals surface area contributed by atoms with E-state index in [1.165, 1.54) is 12.8 Å². The molecule has 1 N–H and O–H groups in total. The molecule has 0 radical (unpaired) electrons. The Morgan fingerprint density at radius 3 is 2.55 bits per heavy atom. The van der Waals surface area contributed by atoms with Gasteiger partial charge in [0.25, 0.3) is 0 Å². The van der Waals surface area contributed by atoms with Crippen LogP contribution in [0.3, 0.4) is 0 Å². The standard InChI is InChI=1S/C16H32N2O2/c1-14(2)18-10-7-15(8-11-18)13-16(19)17-9-5-4-6-12-20-3/h14-15H,4-13H2,1-3H3,(H,17,19). The van der Waals surface area contributed by atoms with Gasteiger partial charge < -0.3 is 15.0 Å². The first-order valence-corrected chi connectivity index (χ1v) is 8.13. The van der Waals surface area contributed by atoms with E-state index in [9.17, 15) is 4.79 Å². The van der Waals surface area contributed by atoms with Crippen LogP contribution in [0, 0.1) is 5.92 Å². The maximum atomic E-state index is 11.9. The molecule has 0 aliphatic carbocycles. The molecule has 1 saturated heterocycles. The number of hydrogen-bond donors (Lipinski definition) is 1. The summed E-state index contributed by atoms with van der Waals surface area (Å²) in [6.45, 7) is 8.42. The Bertz CT molecular complexity index is 261. The van der Waals surface area contributed by atoms with Crippen LogP contribution in [0.1, 0.15) is 52.4 Å². The molecule has 0 bridgehead atoms. The summed E-state index contributed by atoms with van der Waals surface area (Å²) >= 11 is 0. The van der Waals surface area contributed by atoms with Crippen molar-refractivity contribution in [1.29, 1.82) is 0 Å². The summed E-state index contributed by atoms with van der Waals surface area (Å²) in [5, 5.41) is 3.05. The Morgan fingerprint density at radius 1 is 1.25 bits per heavy atom. The fourth-order valence-corrected chi connectivity index (χ4v) is 2.78. The van der Waals surface area contributed by atoms with Gasteiger partial charge in [0.15, 0.2) is 0 Å². The molecule has 0 aromatic heterocycles. The van der Waals surface area contributed by atoms with Gasteiger partial charge in [0, 0.05) is 32.7 Å². The van der Waals surface area contributed by atoms with E-state index < -0.39 is 0 Å². The highest BCUT2D eigenvalue weighted by atomic mass is 16.5. The normalized spacial score (nSPS) is 17.6. The van der Waals surface area contributed by atoms with Crippen LogP contribution >= 0.6 is 0 Å². The largest absolute Gasteiger partial charge is 0.385 e. The van der Waals surface area contributed by atoms with Crippen molar-refractivity contribution in [2.24, 2.45) is 5.92 Å². The number of hydrogen-bond acceptors (Lipinski definition) is 3. The summed E-state index contributed by atoms with van der Waals surface area (Å²) in [6, 6.07) is 0.636. The highest BCUT2D eigenvalue weighted by Crippen LogP contribution is 2.21. The van der Waals surface area contributed by atoms with Gasteiger partial charge in [0.05, 0.1) is 0 Å². The van der Waals surface area contributed by atoms with E-state index in [-0.39, 0.29) is 5.91 Å². The minimum Gasteiger partial charge on any atom is -0.385 e. The van der Waals surface area contributed by atoms with E-state index in [1.54, 1.807) is 7.11 Å². The van der Waals surface area contributed by atoms with Gasteiger partial charge in [0.1, 0.15) is 0 Å². The van der Waals surface area contributed by atoms with Crippen LogP contribution in [0.15, 0.2) is 0 Å². The number of piperidine rings is 1. The van der Waals surface area contributed by atoms with Gasteiger partial charge in [-0.3, -0.25) is 4.79 Å². The SMILES string of the molecule is COCCCCCNC(=O)CC1CCN(C(C)C)CC1. The van der Waals surface area contributed by atoms with Crippen molar-refractivity contribution in [3.8, 4) is 0 Å². The number of rotatable bonds is 9. The molecule has 1 rings (SSSR count). The Balaban J connectivity index is 2.03. The molecule has 1 heterocycles. The van der Waals surface area contributed by atoms with E-state index in [0.29, 0.717) is 18.4 Å². The first kappa shape index (κ1) is 17.4. The second-order valence-electron chi connectivity index (χ2n) is 6.18. The second-order valence-corrected chi connectivity index (χ2v) is 6.18. The minimum atomic E-state index is 0.236. The topological polar surface area (TPSA) is 41.6 Å². The van der Waals surface area contributed by atoms with Gasteiger partial charge >= 0.3 is 0 Å². The summed E-state index contributed by atoms with van der Waals surface area (Å²) in [4.78, 5) is 14.4. The Labute approximate surface area is 124 Å². The third kappa shape index (κ3) is 7.25. The zero-order chi connectivity index (χ0) is 14.8. The summed E-state index contributed by atoms with van der Waals surface area (Å²) in [5.41, 5.74) is 0. The summed E-state index contributed by atoms with van der Waals surface area (Å²) in [7, 11) is 1.73. The van der Waals surface area contributed by atoms with Gasteiger partial charge in [-0.2, -0.15) is 0 Å². The van der Waals surface area contributed by atoms with Crippen LogP contribution in [0.5, 0.6) is 0 Å². The minimum absolute atomic E-state index is 0.236. The van der Waals surface area contributed by atoms with Crippen LogP contribution in [-0.4, -0.2) is 50.2 Å². The lowest BCUT2D eigenvalue weighted by molar-refractivity contribution is -0.122. The average Bonchev–Trinajstić information content (AvgIpc) is 2.43. The molecule has 0 aromatic rings. The Morgan fingerprint density at radius 2 is 1.95 bits per heavy atom.